The van der Waals surface area contributed by atoms with Crippen LogP contribution in [0.2, 0.25) is 0 Å². The van der Waals surface area contributed by atoms with Gasteiger partial charge in [-0.05, 0) is 18.8 Å². The van der Waals surface area contributed by atoms with Crippen LogP contribution in [0.15, 0.2) is 25.3 Å². The minimum atomic E-state index is -1.01. The largest absolute Gasteiger partial charge is 0.480 e. The predicted octanol–water partition coefficient (Wildman–Crippen LogP) is 1.98. The molecule has 0 bridgehead atoms. The molecule has 17 heavy (non-hydrogen) atoms. The van der Waals surface area contributed by atoms with Gasteiger partial charge >= 0.3 is 5.97 Å². The van der Waals surface area contributed by atoms with Gasteiger partial charge in [-0.1, -0.05) is 26.0 Å². The minimum Gasteiger partial charge on any atom is -0.480 e. The Morgan fingerprint density at radius 3 is 2.00 bits per heavy atom. The molecule has 0 aromatic carbocycles. The topological polar surface area (TPSA) is 66.4 Å². The molecule has 0 rings (SSSR count). The quantitative estimate of drug-likeness (QED) is 0.636. The van der Waals surface area contributed by atoms with Gasteiger partial charge in [0.2, 0.25) is 5.91 Å². The average Bonchev–Trinajstić information content (AvgIpc) is 2.24. The second-order valence-corrected chi connectivity index (χ2v) is 4.31. The Morgan fingerprint density at radius 2 is 1.71 bits per heavy atom. The summed E-state index contributed by atoms with van der Waals surface area (Å²) in [6.45, 7) is 10.7. The van der Waals surface area contributed by atoms with Crippen LogP contribution in [0, 0.1) is 11.8 Å². The number of nitrogens with one attached hydrogen (secondary N) is 1. The van der Waals surface area contributed by atoms with E-state index in [1.54, 1.807) is 26.0 Å². The van der Waals surface area contributed by atoms with Gasteiger partial charge in [-0.15, -0.1) is 13.2 Å². The van der Waals surface area contributed by atoms with Crippen LogP contribution < -0.4 is 5.32 Å². The first-order chi connectivity index (χ1) is 7.93. The molecule has 1 atom stereocenters. The van der Waals surface area contributed by atoms with E-state index in [-0.39, 0.29) is 17.7 Å². The SMILES string of the molecule is C=CCC(CC=C)C(=O)NC(C(=O)O)C(C)C. The minimum absolute atomic E-state index is 0.149. The molecule has 0 radical (unpaired) electrons. The highest BCUT2D eigenvalue weighted by atomic mass is 16.4. The summed E-state index contributed by atoms with van der Waals surface area (Å²) in [5.41, 5.74) is 0. The number of carbonyl (C=O) groups excluding carboxylic acids is 1. The van der Waals surface area contributed by atoms with Gasteiger partial charge in [-0.25, -0.2) is 4.79 Å². The molecule has 0 aliphatic carbocycles. The average molecular weight is 239 g/mol. The normalized spacial score (nSPS) is 12.2. The Hall–Kier alpha value is -1.58. The van der Waals surface area contributed by atoms with E-state index in [1.807, 2.05) is 0 Å². The van der Waals surface area contributed by atoms with Crippen LogP contribution in [0.5, 0.6) is 0 Å². The Bertz CT molecular complexity index is 287. The van der Waals surface area contributed by atoms with E-state index in [9.17, 15) is 9.59 Å². The summed E-state index contributed by atoms with van der Waals surface area (Å²) >= 11 is 0. The van der Waals surface area contributed by atoms with E-state index in [0.717, 1.165) is 0 Å². The Kier molecular flexibility index (Phi) is 6.94. The van der Waals surface area contributed by atoms with Gasteiger partial charge < -0.3 is 10.4 Å². The highest BCUT2D eigenvalue weighted by Gasteiger charge is 2.26. The van der Waals surface area contributed by atoms with Crippen LogP contribution in [0.25, 0.3) is 0 Å². The Morgan fingerprint density at radius 1 is 1.24 bits per heavy atom. The number of carbonyl (C=O) groups is 2. The molecule has 0 heterocycles. The second kappa shape index (κ2) is 7.65. The van der Waals surface area contributed by atoms with Gasteiger partial charge in [-0.3, -0.25) is 4.79 Å². The lowest BCUT2D eigenvalue weighted by molar-refractivity contribution is -0.143. The summed E-state index contributed by atoms with van der Waals surface area (Å²) in [4.78, 5) is 22.8. The first-order valence-electron chi connectivity index (χ1n) is 5.69. The smallest absolute Gasteiger partial charge is 0.326 e. The highest BCUT2D eigenvalue weighted by molar-refractivity contribution is 5.85. The van der Waals surface area contributed by atoms with Gasteiger partial charge in [0.1, 0.15) is 6.04 Å². The number of amides is 1. The number of allylic oxidation sites excluding steroid dienone is 2. The van der Waals surface area contributed by atoms with Crippen molar-refractivity contribution in [2.24, 2.45) is 11.8 Å². The maximum Gasteiger partial charge on any atom is 0.326 e. The summed E-state index contributed by atoms with van der Waals surface area (Å²) in [5.74, 6) is -1.70. The molecule has 4 nitrogen and oxygen atoms in total. The molecular formula is C13H21NO3. The Labute approximate surface area is 102 Å². The molecule has 96 valence electrons. The van der Waals surface area contributed by atoms with Crippen molar-refractivity contribution in [1.29, 1.82) is 0 Å². The summed E-state index contributed by atoms with van der Waals surface area (Å²) in [5, 5.41) is 11.5. The summed E-state index contributed by atoms with van der Waals surface area (Å²) in [7, 11) is 0. The van der Waals surface area contributed by atoms with Crippen LogP contribution in [0.3, 0.4) is 0 Å². The lowest BCUT2D eigenvalue weighted by atomic mass is 9.98. The van der Waals surface area contributed by atoms with Crippen molar-refractivity contribution < 1.29 is 14.7 Å². The van der Waals surface area contributed by atoms with Crippen LogP contribution in [-0.2, 0) is 9.59 Å². The van der Waals surface area contributed by atoms with E-state index >= 15 is 0 Å². The number of hydrogen-bond acceptors (Lipinski definition) is 2. The molecule has 0 saturated carbocycles. The highest BCUT2D eigenvalue weighted by Crippen LogP contribution is 2.12. The first kappa shape index (κ1) is 15.4. The van der Waals surface area contributed by atoms with Crippen molar-refractivity contribution in [1.82, 2.24) is 5.32 Å². The van der Waals surface area contributed by atoms with Crippen molar-refractivity contribution >= 4 is 11.9 Å². The number of hydrogen-bond donors (Lipinski definition) is 2. The van der Waals surface area contributed by atoms with Gasteiger partial charge in [0, 0.05) is 5.92 Å². The molecule has 0 aromatic heterocycles. The lowest BCUT2D eigenvalue weighted by Gasteiger charge is -2.21. The molecule has 1 amide bonds. The number of carboxylic acids is 1. The molecule has 0 aliphatic heterocycles. The van der Waals surface area contributed by atoms with Crippen molar-refractivity contribution in [2.45, 2.75) is 32.7 Å². The second-order valence-electron chi connectivity index (χ2n) is 4.31. The molecule has 0 fully saturated rings. The fraction of sp³-hybridized carbons (Fsp3) is 0.538. The van der Waals surface area contributed by atoms with Gasteiger partial charge in [0.25, 0.3) is 0 Å². The van der Waals surface area contributed by atoms with Gasteiger partial charge in [-0.2, -0.15) is 0 Å². The van der Waals surface area contributed by atoms with Crippen LogP contribution in [0.1, 0.15) is 26.7 Å². The maximum atomic E-state index is 11.9. The van der Waals surface area contributed by atoms with E-state index in [0.29, 0.717) is 12.8 Å². The maximum absolute atomic E-state index is 11.9. The third kappa shape index (κ3) is 5.33. The molecule has 1 unspecified atom stereocenters. The molecule has 0 aromatic rings. The Balaban J connectivity index is 4.60. The predicted molar refractivity (Wildman–Crippen MR) is 67.5 cm³/mol. The molecule has 2 N–H and O–H groups in total. The van der Waals surface area contributed by atoms with Crippen molar-refractivity contribution in [3.8, 4) is 0 Å². The number of aliphatic carboxylic acids is 1. The standard InChI is InChI=1S/C13H21NO3/c1-5-7-10(8-6-2)12(15)14-11(9(3)4)13(16)17/h5-6,9-11H,1-2,7-8H2,3-4H3,(H,14,15)(H,16,17). The van der Waals surface area contributed by atoms with E-state index < -0.39 is 12.0 Å². The fourth-order valence-electron chi connectivity index (χ4n) is 1.50. The number of rotatable bonds is 8. The van der Waals surface area contributed by atoms with Gasteiger partial charge in [0.15, 0.2) is 0 Å². The van der Waals surface area contributed by atoms with Crippen molar-refractivity contribution in [3.05, 3.63) is 25.3 Å². The third-order valence-corrected chi connectivity index (χ3v) is 2.50. The molecule has 0 spiro atoms. The van der Waals surface area contributed by atoms with Crippen LogP contribution in [0.4, 0.5) is 0 Å². The summed E-state index contributed by atoms with van der Waals surface area (Å²) in [6.07, 6.45) is 4.34. The van der Waals surface area contributed by atoms with Crippen LogP contribution >= 0.6 is 0 Å². The van der Waals surface area contributed by atoms with E-state index in [4.69, 9.17) is 5.11 Å². The third-order valence-electron chi connectivity index (χ3n) is 2.50. The molecule has 0 saturated heterocycles. The van der Waals surface area contributed by atoms with Crippen molar-refractivity contribution in [3.63, 3.8) is 0 Å². The lowest BCUT2D eigenvalue weighted by Crippen LogP contribution is -2.46. The zero-order valence-electron chi connectivity index (χ0n) is 10.5. The first-order valence-corrected chi connectivity index (χ1v) is 5.69. The van der Waals surface area contributed by atoms with E-state index in [2.05, 4.69) is 18.5 Å². The molecule has 4 heteroatoms. The fourth-order valence-corrected chi connectivity index (χ4v) is 1.50. The van der Waals surface area contributed by atoms with Crippen LogP contribution in [-0.4, -0.2) is 23.0 Å². The van der Waals surface area contributed by atoms with Crippen molar-refractivity contribution in [2.75, 3.05) is 0 Å². The summed E-state index contributed by atoms with van der Waals surface area (Å²) < 4.78 is 0. The van der Waals surface area contributed by atoms with Gasteiger partial charge in [0.05, 0.1) is 0 Å². The molecular weight excluding hydrogens is 218 g/mol. The summed E-state index contributed by atoms with van der Waals surface area (Å²) in [6, 6.07) is -0.848. The zero-order valence-corrected chi connectivity index (χ0v) is 10.5. The number of carboxylic acid groups (broad SMARTS) is 1. The zero-order chi connectivity index (χ0) is 13.4. The van der Waals surface area contributed by atoms with E-state index in [1.165, 1.54) is 0 Å². The molecule has 0 aliphatic rings. The monoisotopic (exact) mass is 239 g/mol.